The number of pyridine rings is 1. The Balaban J connectivity index is 2.24. The molecule has 0 spiro atoms. The molecule has 0 amide bonds. The minimum atomic E-state index is -0.393. The van der Waals surface area contributed by atoms with Gasteiger partial charge < -0.3 is 10.6 Å². The van der Waals surface area contributed by atoms with Crippen molar-refractivity contribution in [1.29, 1.82) is 0 Å². The summed E-state index contributed by atoms with van der Waals surface area (Å²) >= 11 is 0. The van der Waals surface area contributed by atoms with Crippen LogP contribution in [0.1, 0.15) is 33.1 Å². The van der Waals surface area contributed by atoms with E-state index in [0.717, 1.165) is 32.4 Å². The van der Waals surface area contributed by atoms with Gasteiger partial charge in [0.2, 0.25) is 5.82 Å². The van der Waals surface area contributed by atoms with Crippen LogP contribution in [0.4, 0.5) is 17.3 Å². The van der Waals surface area contributed by atoms with Crippen molar-refractivity contribution in [2.45, 2.75) is 33.1 Å². The molecule has 1 saturated heterocycles. The molecular weight excluding hydrogens is 244 g/mol. The minimum Gasteiger partial charge on any atom is -0.384 e. The van der Waals surface area contributed by atoms with Gasteiger partial charge in [0.15, 0.2) is 0 Å². The highest BCUT2D eigenvalue weighted by Gasteiger charge is 2.31. The second-order valence-electron chi connectivity index (χ2n) is 5.49. The molecule has 0 atom stereocenters. The Bertz CT molecular complexity index is 482. The number of rotatable bonds is 3. The van der Waals surface area contributed by atoms with E-state index < -0.39 is 4.92 Å². The lowest BCUT2D eigenvalue weighted by Gasteiger charge is -2.39. The summed E-state index contributed by atoms with van der Waals surface area (Å²) in [5.74, 6) is 0.729. The summed E-state index contributed by atoms with van der Waals surface area (Å²) in [6.45, 7) is 6.05. The molecule has 0 aromatic carbocycles. The molecule has 0 unspecified atom stereocenters. The molecule has 0 saturated carbocycles. The number of nitrogens with two attached hydrogens (primary N) is 1. The largest absolute Gasteiger partial charge is 0.384 e. The summed E-state index contributed by atoms with van der Waals surface area (Å²) in [5, 5.41) is 11.1. The summed E-state index contributed by atoms with van der Waals surface area (Å²) in [5.41, 5.74) is 6.03. The number of hydrogen-bond acceptors (Lipinski definition) is 5. The molecule has 2 rings (SSSR count). The topological polar surface area (TPSA) is 85.3 Å². The number of anilines is 2. The van der Waals surface area contributed by atoms with Crippen molar-refractivity contribution in [1.82, 2.24) is 4.98 Å². The van der Waals surface area contributed by atoms with Gasteiger partial charge in [-0.2, -0.15) is 0 Å². The average molecular weight is 264 g/mol. The van der Waals surface area contributed by atoms with E-state index in [1.54, 1.807) is 0 Å². The SMILES string of the molecule is CCC1(C)CCN(c2nc(N)ccc2[N+](=O)[O-])CC1. The number of nitrogens with zero attached hydrogens (tertiary/aromatic N) is 3. The molecular formula is C13H20N4O2. The van der Waals surface area contributed by atoms with Gasteiger partial charge in [0.25, 0.3) is 0 Å². The Morgan fingerprint density at radius 2 is 2.11 bits per heavy atom. The highest BCUT2D eigenvalue weighted by molar-refractivity contribution is 5.61. The highest BCUT2D eigenvalue weighted by Crippen LogP contribution is 2.37. The van der Waals surface area contributed by atoms with E-state index in [0.29, 0.717) is 17.1 Å². The summed E-state index contributed by atoms with van der Waals surface area (Å²) in [4.78, 5) is 16.8. The molecule has 0 bridgehead atoms. The molecule has 19 heavy (non-hydrogen) atoms. The maximum absolute atomic E-state index is 11.1. The maximum atomic E-state index is 11.1. The van der Waals surface area contributed by atoms with Crippen LogP contribution >= 0.6 is 0 Å². The molecule has 2 heterocycles. The molecule has 1 aliphatic rings. The number of piperidine rings is 1. The van der Waals surface area contributed by atoms with Crippen molar-refractivity contribution in [2.75, 3.05) is 23.7 Å². The fourth-order valence-corrected chi connectivity index (χ4v) is 2.44. The first-order valence-corrected chi connectivity index (χ1v) is 6.61. The summed E-state index contributed by atoms with van der Waals surface area (Å²) in [7, 11) is 0. The molecule has 1 aromatic rings. The van der Waals surface area contributed by atoms with Crippen LogP contribution in [0.15, 0.2) is 12.1 Å². The lowest BCUT2D eigenvalue weighted by atomic mass is 9.78. The third kappa shape index (κ3) is 2.77. The molecule has 6 heteroatoms. The van der Waals surface area contributed by atoms with Crippen LogP contribution in [0.5, 0.6) is 0 Å². The van der Waals surface area contributed by atoms with Crippen LogP contribution in [-0.2, 0) is 0 Å². The Kier molecular flexibility index (Phi) is 3.59. The lowest BCUT2D eigenvalue weighted by Crippen LogP contribution is -2.39. The Hall–Kier alpha value is -1.85. The Morgan fingerprint density at radius 3 is 2.63 bits per heavy atom. The average Bonchev–Trinajstić information content (AvgIpc) is 2.39. The van der Waals surface area contributed by atoms with Gasteiger partial charge in [-0.05, 0) is 24.3 Å². The molecule has 1 fully saturated rings. The predicted molar refractivity (Wildman–Crippen MR) is 75.1 cm³/mol. The second kappa shape index (κ2) is 5.03. The molecule has 1 aromatic heterocycles. The molecule has 2 N–H and O–H groups in total. The van der Waals surface area contributed by atoms with E-state index in [9.17, 15) is 10.1 Å². The molecule has 1 aliphatic heterocycles. The van der Waals surface area contributed by atoms with Crippen LogP contribution in [0.3, 0.4) is 0 Å². The second-order valence-corrected chi connectivity index (χ2v) is 5.49. The van der Waals surface area contributed by atoms with Gasteiger partial charge in [-0.3, -0.25) is 10.1 Å². The van der Waals surface area contributed by atoms with E-state index >= 15 is 0 Å². The zero-order valence-electron chi connectivity index (χ0n) is 11.4. The van der Waals surface area contributed by atoms with Gasteiger partial charge >= 0.3 is 5.69 Å². The van der Waals surface area contributed by atoms with Crippen LogP contribution in [-0.4, -0.2) is 23.0 Å². The van der Waals surface area contributed by atoms with Crippen LogP contribution in [0.25, 0.3) is 0 Å². The van der Waals surface area contributed by atoms with E-state index in [2.05, 4.69) is 18.8 Å². The predicted octanol–water partition coefficient (Wildman–Crippen LogP) is 2.59. The Morgan fingerprint density at radius 1 is 1.47 bits per heavy atom. The molecule has 6 nitrogen and oxygen atoms in total. The van der Waals surface area contributed by atoms with Crippen molar-refractivity contribution in [3.8, 4) is 0 Å². The zero-order chi connectivity index (χ0) is 14.0. The lowest BCUT2D eigenvalue weighted by molar-refractivity contribution is -0.384. The number of nitrogen functional groups attached to an aromatic ring is 1. The minimum absolute atomic E-state index is 0.0364. The standard InChI is InChI=1S/C13H20N4O2/c1-3-13(2)6-8-16(9-7-13)12-10(17(18)19)4-5-11(14)15-12/h4-5H,3,6-9H2,1-2H3,(H2,14,15). The Labute approximate surface area is 112 Å². The van der Waals surface area contributed by atoms with Gasteiger partial charge in [0, 0.05) is 19.2 Å². The molecule has 104 valence electrons. The van der Waals surface area contributed by atoms with Gasteiger partial charge in [-0.1, -0.05) is 20.3 Å². The van der Waals surface area contributed by atoms with Crippen molar-refractivity contribution < 1.29 is 4.92 Å². The number of aromatic nitrogens is 1. The first-order chi connectivity index (χ1) is 8.95. The number of hydrogen-bond donors (Lipinski definition) is 1. The number of nitro groups is 1. The van der Waals surface area contributed by atoms with Gasteiger partial charge in [-0.25, -0.2) is 4.98 Å². The van der Waals surface area contributed by atoms with Crippen molar-refractivity contribution in [3.63, 3.8) is 0 Å². The fourth-order valence-electron chi connectivity index (χ4n) is 2.44. The third-order valence-corrected chi connectivity index (χ3v) is 4.20. The van der Waals surface area contributed by atoms with E-state index in [-0.39, 0.29) is 5.69 Å². The zero-order valence-corrected chi connectivity index (χ0v) is 11.4. The van der Waals surface area contributed by atoms with Gasteiger partial charge in [0.05, 0.1) is 4.92 Å². The fraction of sp³-hybridized carbons (Fsp3) is 0.615. The van der Waals surface area contributed by atoms with Crippen LogP contribution < -0.4 is 10.6 Å². The van der Waals surface area contributed by atoms with Crippen molar-refractivity contribution in [3.05, 3.63) is 22.2 Å². The normalized spacial score (nSPS) is 18.3. The summed E-state index contributed by atoms with van der Waals surface area (Å²) in [6.07, 6.45) is 3.18. The summed E-state index contributed by atoms with van der Waals surface area (Å²) in [6, 6.07) is 2.91. The first-order valence-electron chi connectivity index (χ1n) is 6.61. The van der Waals surface area contributed by atoms with Crippen LogP contribution in [0.2, 0.25) is 0 Å². The monoisotopic (exact) mass is 264 g/mol. The maximum Gasteiger partial charge on any atom is 0.311 e. The molecule has 0 aliphatic carbocycles. The smallest absolute Gasteiger partial charge is 0.311 e. The quantitative estimate of drug-likeness (QED) is 0.670. The third-order valence-electron chi connectivity index (χ3n) is 4.20. The highest BCUT2D eigenvalue weighted by atomic mass is 16.6. The first kappa shape index (κ1) is 13.6. The van der Waals surface area contributed by atoms with Gasteiger partial charge in [0.1, 0.15) is 5.82 Å². The van der Waals surface area contributed by atoms with E-state index in [1.165, 1.54) is 12.1 Å². The molecule has 0 radical (unpaired) electrons. The van der Waals surface area contributed by atoms with E-state index in [4.69, 9.17) is 5.73 Å². The summed E-state index contributed by atoms with van der Waals surface area (Å²) < 4.78 is 0. The van der Waals surface area contributed by atoms with Crippen LogP contribution in [0, 0.1) is 15.5 Å². The van der Waals surface area contributed by atoms with Crippen molar-refractivity contribution >= 4 is 17.3 Å². The van der Waals surface area contributed by atoms with Gasteiger partial charge in [-0.15, -0.1) is 0 Å². The van der Waals surface area contributed by atoms with Crippen molar-refractivity contribution in [2.24, 2.45) is 5.41 Å². The van der Waals surface area contributed by atoms with E-state index in [1.807, 2.05) is 4.90 Å².